The Labute approximate surface area is 136 Å². The Morgan fingerprint density at radius 3 is 2.83 bits per heavy atom. The highest BCUT2D eigenvalue weighted by molar-refractivity contribution is 5.94. The molecule has 128 valence electrons. The van der Waals surface area contributed by atoms with E-state index >= 15 is 0 Å². The predicted molar refractivity (Wildman–Crippen MR) is 78.4 cm³/mol. The molecule has 2 aromatic rings. The normalized spacial score (nSPS) is 18.7. The maximum Gasteiger partial charge on any atom is 0.416 e. The molecule has 1 fully saturated rings. The van der Waals surface area contributed by atoms with E-state index in [2.05, 4.69) is 10.1 Å². The van der Waals surface area contributed by atoms with Gasteiger partial charge >= 0.3 is 6.18 Å². The number of nitrogens with zero attached hydrogens (tertiary/aromatic N) is 3. The molecule has 1 amide bonds. The first-order chi connectivity index (χ1) is 11.3. The van der Waals surface area contributed by atoms with Crippen molar-refractivity contribution < 1.29 is 22.5 Å². The van der Waals surface area contributed by atoms with Gasteiger partial charge in [-0.05, 0) is 38.0 Å². The van der Waals surface area contributed by atoms with Gasteiger partial charge in [0.1, 0.15) is 0 Å². The molecule has 0 bridgehead atoms. The summed E-state index contributed by atoms with van der Waals surface area (Å²) in [6, 6.07) is 4.50. The molecular formula is C16H16F3N3O2. The summed E-state index contributed by atoms with van der Waals surface area (Å²) < 4.78 is 43.6. The second-order valence-corrected chi connectivity index (χ2v) is 5.85. The number of alkyl halides is 3. The molecule has 24 heavy (non-hydrogen) atoms. The predicted octanol–water partition coefficient (Wildman–Crippen LogP) is 3.42. The van der Waals surface area contributed by atoms with Crippen LogP contribution in [-0.4, -0.2) is 34.0 Å². The second kappa shape index (κ2) is 6.26. The Kier molecular flexibility index (Phi) is 4.29. The molecule has 0 saturated carbocycles. The Balaban J connectivity index is 1.77. The topological polar surface area (TPSA) is 59.2 Å². The van der Waals surface area contributed by atoms with E-state index in [1.807, 2.05) is 0 Å². The van der Waals surface area contributed by atoms with Crippen LogP contribution in [0.5, 0.6) is 0 Å². The van der Waals surface area contributed by atoms with Gasteiger partial charge in [-0.3, -0.25) is 4.79 Å². The van der Waals surface area contributed by atoms with Crippen LogP contribution in [0, 0.1) is 6.92 Å². The molecular weight excluding hydrogens is 323 g/mol. The van der Waals surface area contributed by atoms with Crippen molar-refractivity contribution in [2.75, 3.05) is 13.1 Å². The monoisotopic (exact) mass is 339 g/mol. The minimum atomic E-state index is -4.47. The van der Waals surface area contributed by atoms with E-state index < -0.39 is 17.6 Å². The summed E-state index contributed by atoms with van der Waals surface area (Å²) in [5.74, 6) is 0.483. The van der Waals surface area contributed by atoms with Crippen molar-refractivity contribution in [2.24, 2.45) is 0 Å². The van der Waals surface area contributed by atoms with Gasteiger partial charge < -0.3 is 9.42 Å². The zero-order chi connectivity index (χ0) is 17.3. The SMILES string of the molecule is Cc1noc([C@@H]2CCCN(C(=O)c3cccc(C(F)(F)F)c3)C2)n1. The number of rotatable bonds is 2. The fourth-order valence-electron chi connectivity index (χ4n) is 2.85. The fourth-order valence-corrected chi connectivity index (χ4v) is 2.85. The molecule has 1 aromatic heterocycles. The average molecular weight is 339 g/mol. The lowest BCUT2D eigenvalue weighted by atomic mass is 9.97. The van der Waals surface area contributed by atoms with Crippen LogP contribution in [0.25, 0.3) is 0 Å². The van der Waals surface area contributed by atoms with Gasteiger partial charge in [-0.2, -0.15) is 18.2 Å². The molecule has 1 aliphatic heterocycles. The molecule has 0 aliphatic carbocycles. The molecule has 0 unspecified atom stereocenters. The van der Waals surface area contributed by atoms with Crippen molar-refractivity contribution in [3.63, 3.8) is 0 Å². The number of benzene rings is 1. The summed E-state index contributed by atoms with van der Waals surface area (Å²) in [6.07, 6.45) is -2.94. The highest BCUT2D eigenvalue weighted by atomic mass is 19.4. The van der Waals surface area contributed by atoms with Crippen molar-refractivity contribution in [1.82, 2.24) is 15.0 Å². The van der Waals surface area contributed by atoms with Crippen LogP contribution in [0.3, 0.4) is 0 Å². The van der Waals surface area contributed by atoms with Crippen molar-refractivity contribution in [2.45, 2.75) is 31.9 Å². The van der Waals surface area contributed by atoms with Gasteiger partial charge in [0.25, 0.3) is 5.91 Å². The largest absolute Gasteiger partial charge is 0.416 e. The summed E-state index contributed by atoms with van der Waals surface area (Å²) in [6.45, 7) is 2.57. The van der Waals surface area contributed by atoms with Crippen LogP contribution in [0.1, 0.15) is 46.4 Å². The number of likely N-dealkylation sites (tertiary alicyclic amines) is 1. The molecule has 8 heteroatoms. The minimum Gasteiger partial charge on any atom is -0.339 e. The van der Waals surface area contributed by atoms with Crippen LogP contribution in [0.15, 0.2) is 28.8 Å². The first-order valence-corrected chi connectivity index (χ1v) is 7.61. The van der Waals surface area contributed by atoms with Crippen LogP contribution in [-0.2, 0) is 6.18 Å². The number of aromatic nitrogens is 2. The van der Waals surface area contributed by atoms with Gasteiger partial charge in [0.05, 0.1) is 11.5 Å². The zero-order valence-electron chi connectivity index (χ0n) is 13.0. The maximum absolute atomic E-state index is 12.8. The summed E-state index contributed by atoms with van der Waals surface area (Å²) >= 11 is 0. The van der Waals surface area contributed by atoms with Gasteiger partial charge in [0.2, 0.25) is 5.89 Å². The molecule has 0 spiro atoms. The summed E-state index contributed by atoms with van der Waals surface area (Å²) in [5, 5.41) is 3.74. The summed E-state index contributed by atoms with van der Waals surface area (Å²) in [7, 11) is 0. The Hall–Kier alpha value is -2.38. The van der Waals surface area contributed by atoms with Crippen LogP contribution in [0.4, 0.5) is 13.2 Å². The van der Waals surface area contributed by atoms with E-state index in [0.29, 0.717) is 24.8 Å². The number of halogens is 3. The molecule has 5 nitrogen and oxygen atoms in total. The van der Waals surface area contributed by atoms with Crippen LogP contribution < -0.4 is 0 Å². The van der Waals surface area contributed by atoms with Crippen molar-refractivity contribution in [3.05, 3.63) is 47.1 Å². The Morgan fingerprint density at radius 1 is 1.38 bits per heavy atom. The van der Waals surface area contributed by atoms with Crippen LogP contribution >= 0.6 is 0 Å². The lowest BCUT2D eigenvalue weighted by molar-refractivity contribution is -0.137. The second-order valence-electron chi connectivity index (χ2n) is 5.85. The van der Waals surface area contributed by atoms with Gasteiger partial charge in [-0.1, -0.05) is 11.2 Å². The van der Waals surface area contributed by atoms with Gasteiger partial charge in [-0.25, -0.2) is 0 Å². The van der Waals surface area contributed by atoms with Crippen LogP contribution in [0.2, 0.25) is 0 Å². The number of carbonyl (C=O) groups excluding carboxylic acids is 1. The number of carbonyl (C=O) groups is 1. The number of amides is 1. The minimum absolute atomic E-state index is 0.0344. The molecule has 1 aromatic carbocycles. The zero-order valence-corrected chi connectivity index (χ0v) is 13.0. The van der Waals surface area contributed by atoms with Crippen molar-refractivity contribution >= 4 is 5.91 Å². The Bertz CT molecular complexity index is 742. The number of hydrogen-bond acceptors (Lipinski definition) is 4. The van der Waals surface area contributed by atoms with Crippen molar-refractivity contribution in [3.8, 4) is 0 Å². The highest BCUT2D eigenvalue weighted by Gasteiger charge is 2.32. The van der Waals surface area contributed by atoms with E-state index in [4.69, 9.17) is 4.52 Å². The molecule has 3 rings (SSSR count). The summed E-state index contributed by atoms with van der Waals surface area (Å²) in [5.41, 5.74) is -0.790. The van der Waals surface area contributed by atoms with E-state index in [1.54, 1.807) is 11.8 Å². The maximum atomic E-state index is 12.8. The third-order valence-corrected chi connectivity index (χ3v) is 4.04. The third kappa shape index (κ3) is 3.42. The lowest BCUT2D eigenvalue weighted by Gasteiger charge is -2.31. The fraction of sp³-hybridized carbons (Fsp3) is 0.438. The van der Waals surface area contributed by atoms with Gasteiger partial charge in [0.15, 0.2) is 5.82 Å². The van der Waals surface area contributed by atoms with Gasteiger partial charge in [-0.15, -0.1) is 0 Å². The molecule has 1 atom stereocenters. The Morgan fingerprint density at radius 2 is 2.17 bits per heavy atom. The molecule has 0 N–H and O–H groups in total. The highest BCUT2D eigenvalue weighted by Crippen LogP contribution is 2.31. The van der Waals surface area contributed by atoms with Crippen molar-refractivity contribution in [1.29, 1.82) is 0 Å². The van der Waals surface area contributed by atoms with E-state index in [0.717, 1.165) is 25.0 Å². The number of aryl methyl sites for hydroxylation is 1. The molecule has 2 heterocycles. The van der Waals surface area contributed by atoms with E-state index in [1.165, 1.54) is 12.1 Å². The summed E-state index contributed by atoms with van der Waals surface area (Å²) in [4.78, 5) is 18.3. The van der Waals surface area contributed by atoms with E-state index in [-0.39, 0.29) is 11.5 Å². The standard InChI is InChI=1S/C16H16F3N3O2/c1-10-20-14(24-21-10)12-5-3-7-22(9-12)15(23)11-4-2-6-13(8-11)16(17,18)19/h2,4,6,8,12H,3,5,7,9H2,1H3/t12-/m1/s1. The quantitative estimate of drug-likeness (QED) is 0.841. The first kappa shape index (κ1) is 16.5. The van der Waals surface area contributed by atoms with Gasteiger partial charge in [0, 0.05) is 18.7 Å². The number of piperidine rings is 1. The third-order valence-electron chi connectivity index (χ3n) is 4.04. The first-order valence-electron chi connectivity index (χ1n) is 7.61. The number of hydrogen-bond donors (Lipinski definition) is 0. The molecule has 1 saturated heterocycles. The molecule has 0 radical (unpaired) electrons. The lowest BCUT2D eigenvalue weighted by Crippen LogP contribution is -2.39. The van der Waals surface area contributed by atoms with E-state index in [9.17, 15) is 18.0 Å². The molecule has 1 aliphatic rings. The average Bonchev–Trinajstić information content (AvgIpc) is 3.00. The smallest absolute Gasteiger partial charge is 0.339 e.